The predicted molar refractivity (Wildman–Crippen MR) is 120 cm³/mol. The Hall–Kier alpha value is -2.80. The number of hydrogen-bond acceptors (Lipinski definition) is 5. The van der Waals surface area contributed by atoms with Gasteiger partial charge < -0.3 is 9.73 Å². The van der Waals surface area contributed by atoms with Crippen molar-refractivity contribution < 1.29 is 12.8 Å². The van der Waals surface area contributed by atoms with E-state index in [1.165, 1.54) is 31.4 Å². The number of para-hydroxylation sites is 1. The molecule has 1 aliphatic rings. The molecule has 0 aliphatic heterocycles. The average molecular weight is 427 g/mol. The van der Waals surface area contributed by atoms with Gasteiger partial charge in [-0.25, -0.2) is 13.2 Å². The number of fused-ring (bicyclic) bond motifs is 1. The van der Waals surface area contributed by atoms with Gasteiger partial charge in [-0.3, -0.25) is 4.72 Å². The van der Waals surface area contributed by atoms with Crippen LogP contribution in [-0.2, 0) is 10.0 Å². The van der Waals surface area contributed by atoms with E-state index in [2.05, 4.69) is 10.0 Å². The number of rotatable bonds is 6. The molecule has 30 heavy (non-hydrogen) atoms. The molecule has 0 unspecified atom stereocenters. The van der Waals surface area contributed by atoms with Crippen LogP contribution in [0.4, 0.5) is 11.4 Å². The van der Waals surface area contributed by atoms with Gasteiger partial charge in [-0.1, -0.05) is 49.1 Å². The summed E-state index contributed by atoms with van der Waals surface area (Å²) in [6, 6.07) is 13.6. The van der Waals surface area contributed by atoms with E-state index in [4.69, 9.17) is 4.42 Å². The molecule has 1 fully saturated rings. The second-order valence-corrected chi connectivity index (χ2v) is 9.62. The van der Waals surface area contributed by atoms with Crippen LogP contribution < -0.4 is 15.7 Å². The van der Waals surface area contributed by atoms with Gasteiger partial charge in [0.2, 0.25) is 0 Å². The summed E-state index contributed by atoms with van der Waals surface area (Å²) in [6.07, 6.45) is 5.94. The summed E-state index contributed by atoms with van der Waals surface area (Å²) in [6.45, 7) is 2.57. The molecule has 7 heteroatoms. The zero-order valence-corrected chi connectivity index (χ0v) is 17.8. The van der Waals surface area contributed by atoms with Crippen LogP contribution in [0.15, 0.2) is 62.6 Å². The van der Waals surface area contributed by atoms with Crippen molar-refractivity contribution in [1.29, 1.82) is 0 Å². The number of hydrogen-bond donors (Lipinski definition) is 2. The van der Waals surface area contributed by atoms with E-state index in [1.54, 1.807) is 24.3 Å². The van der Waals surface area contributed by atoms with Crippen molar-refractivity contribution in [3.8, 4) is 0 Å². The van der Waals surface area contributed by atoms with E-state index < -0.39 is 15.6 Å². The SMILES string of the molecule is Cc1ccc(S(=O)(=O)Nc2c(NCC3CCCCC3)c3ccccc3oc2=O)cc1. The normalized spacial score (nSPS) is 15.2. The average Bonchev–Trinajstić information content (AvgIpc) is 2.74. The van der Waals surface area contributed by atoms with Crippen molar-refractivity contribution in [2.75, 3.05) is 16.6 Å². The molecule has 1 saturated carbocycles. The summed E-state index contributed by atoms with van der Waals surface area (Å²) in [4.78, 5) is 12.8. The number of sulfonamides is 1. The molecule has 2 aromatic carbocycles. The fourth-order valence-corrected chi connectivity index (χ4v) is 5.04. The molecule has 3 aromatic rings. The van der Waals surface area contributed by atoms with Gasteiger partial charge in [-0.05, 0) is 49.9 Å². The highest BCUT2D eigenvalue weighted by Gasteiger charge is 2.23. The lowest BCUT2D eigenvalue weighted by Gasteiger charge is -2.23. The van der Waals surface area contributed by atoms with Crippen molar-refractivity contribution in [3.05, 3.63) is 64.5 Å². The third-order valence-corrected chi connectivity index (χ3v) is 7.04. The maximum absolute atomic E-state index is 12.9. The summed E-state index contributed by atoms with van der Waals surface area (Å²) < 4.78 is 33.8. The molecule has 6 nitrogen and oxygen atoms in total. The lowest BCUT2D eigenvalue weighted by atomic mass is 9.89. The molecule has 0 radical (unpaired) electrons. The first-order chi connectivity index (χ1) is 14.4. The first-order valence-corrected chi connectivity index (χ1v) is 11.8. The van der Waals surface area contributed by atoms with Crippen LogP contribution in [0.5, 0.6) is 0 Å². The molecule has 1 heterocycles. The Morgan fingerprint density at radius 3 is 2.40 bits per heavy atom. The van der Waals surface area contributed by atoms with Gasteiger partial charge in [0.05, 0.1) is 10.6 Å². The minimum Gasteiger partial charge on any atom is -0.421 e. The van der Waals surface area contributed by atoms with Gasteiger partial charge in [0.25, 0.3) is 10.0 Å². The van der Waals surface area contributed by atoms with E-state index in [0.29, 0.717) is 29.1 Å². The van der Waals surface area contributed by atoms with E-state index >= 15 is 0 Å². The highest BCUT2D eigenvalue weighted by Crippen LogP contribution is 2.32. The highest BCUT2D eigenvalue weighted by atomic mass is 32.2. The minimum absolute atomic E-state index is 0.0786. The molecular formula is C23H26N2O4S. The quantitative estimate of drug-likeness (QED) is 0.548. The fraction of sp³-hybridized carbons (Fsp3) is 0.348. The molecule has 0 amide bonds. The maximum Gasteiger partial charge on any atom is 0.363 e. The minimum atomic E-state index is -3.94. The van der Waals surface area contributed by atoms with E-state index in [0.717, 1.165) is 18.4 Å². The van der Waals surface area contributed by atoms with Crippen LogP contribution >= 0.6 is 0 Å². The van der Waals surface area contributed by atoms with Crippen LogP contribution in [0.25, 0.3) is 11.0 Å². The van der Waals surface area contributed by atoms with Crippen molar-refractivity contribution >= 4 is 32.4 Å². The molecule has 1 aromatic heterocycles. The van der Waals surface area contributed by atoms with Gasteiger partial charge in [-0.15, -0.1) is 0 Å². The standard InChI is InChI=1S/C23H26N2O4S/c1-16-11-13-18(14-12-16)30(27,28)25-22-21(24-15-17-7-3-2-4-8-17)19-9-5-6-10-20(19)29-23(22)26/h5-6,9-14,17,24-25H,2-4,7-8,15H2,1H3. The third kappa shape index (κ3) is 4.36. The Kier molecular flexibility index (Phi) is 5.81. The van der Waals surface area contributed by atoms with Crippen LogP contribution in [-0.4, -0.2) is 15.0 Å². The van der Waals surface area contributed by atoms with Gasteiger partial charge >= 0.3 is 5.63 Å². The summed E-state index contributed by atoms with van der Waals surface area (Å²) in [5.41, 5.74) is 1.06. The number of nitrogens with one attached hydrogen (secondary N) is 2. The first-order valence-electron chi connectivity index (χ1n) is 10.3. The Morgan fingerprint density at radius 2 is 1.67 bits per heavy atom. The maximum atomic E-state index is 12.9. The van der Waals surface area contributed by atoms with Crippen molar-refractivity contribution in [2.24, 2.45) is 5.92 Å². The smallest absolute Gasteiger partial charge is 0.363 e. The Bertz CT molecular complexity index is 1190. The topological polar surface area (TPSA) is 88.4 Å². The van der Waals surface area contributed by atoms with Gasteiger partial charge in [-0.2, -0.15) is 0 Å². The van der Waals surface area contributed by atoms with Crippen molar-refractivity contribution in [3.63, 3.8) is 0 Å². The number of anilines is 2. The zero-order chi connectivity index (χ0) is 21.1. The lowest BCUT2D eigenvalue weighted by Crippen LogP contribution is -2.23. The van der Waals surface area contributed by atoms with Crippen LogP contribution in [0.1, 0.15) is 37.7 Å². The molecule has 0 saturated heterocycles. The van der Waals surface area contributed by atoms with Crippen molar-refractivity contribution in [1.82, 2.24) is 0 Å². The molecule has 158 valence electrons. The van der Waals surface area contributed by atoms with Crippen LogP contribution in [0.3, 0.4) is 0 Å². The summed E-state index contributed by atoms with van der Waals surface area (Å²) in [5, 5.41) is 4.04. The largest absolute Gasteiger partial charge is 0.421 e. The Balaban J connectivity index is 1.73. The van der Waals surface area contributed by atoms with Gasteiger partial charge in [0.15, 0.2) is 5.69 Å². The Morgan fingerprint density at radius 1 is 0.967 bits per heavy atom. The summed E-state index contributed by atoms with van der Waals surface area (Å²) in [7, 11) is -3.94. The van der Waals surface area contributed by atoms with Crippen LogP contribution in [0, 0.1) is 12.8 Å². The molecule has 4 rings (SSSR count). The summed E-state index contributed by atoms with van der Waals surface area (Å²) >= 11 is 0. The third-order valence-electron chi connectivity index (χ3n) is 5.67. The molecular weight excluding hydrogens is 400 g/mol. The predicted octanol–water partition coefficient (Wildman–Crippen LogP) is 4.89. The molecule has 0 spiro atoms. The zero-order valence-electron chi connectivity index (χ0n) is 17.0. The molecule has 0 bridgehead atoms. The fourth-order valence-electron chi connectivity index (χ4n) is 3.97. The lowest BCUT2D eigenvalue weighted by molar-refractivity contribution is 0.373. The second-order valence-electron chi connectivity index (χ2n) is 7.94. The van der Waals surface area contributed by atoms with E-state index in [-0.39, 0.29) is 10.6 Å². The molecule has 1 aliphatic carbocycles. The second kappa shape index (κ2) is 8.52. The monoisotopic (exact) mass is 426 g/mol. The Labute approximate surface area is 176 Å². The van der Waals surface area contributed by atoms with Crippen LogP contribution in [0.2, 0.25) is 0 Å². The molecule has 2 N–H and O–H groups in total. The van der Waals surface area contributed by atoms with E-state index in [9.17, 15) is 13.2 Å². The van der Waals surface area contributed by atoms with Crippen molar-refractivity contribution in [2.45, 2.75) is 43.9 Å². The summed E-state index contributed by atoms with van der Waals surface area (Å²) in [5.74, 6) is 0.506. The van der Waals surface area contributed by atoms with E-state index in [1.807, 2.05) is 19.1 Å². The number of benzene rings is 2. The molecule has 0 atom stereocenters. The van der Waals surface area contributed by atoms with Gasteiger partial charge in [0.1, 0.15) is 5.58 Å². The van der Waals surface area contributed by atoms with Gasteiger partial charge in [0, 0.05) is 11.9 Å². The highest BCUT2D eigenvalue weighted by molar-refractivity contribution is 7.92. The first kappa shape index (κ1) is 20.5. The number of aryl methyl sites for hydroxylation is 1.